The number of methoxy groups -OCH3 is 2. The summed E-state index contributed by atoms with van der Waals surface area (Å²) in [5.74, 6) is -0.369. The van der Waals surface area contributed by atoms with Gasteiger partial charge in [0.05, 0.1) is 24.8 Å². The topological polar surface area (TPSA) is 64.6 Å². The van der Waals surface area contributed by atoms with E-state index >= 15 is 0 Å². The maximum Gasteiger partial charge on any atom is 0.261 e. The number of rotatable bonds is 5. The lowest BCUT2D eigenvalue weighted by atomic mass is 10.2. The molecule has 0 unspecified atom stereocenters. The second-order valence-electron chi connectivity index (χ2n) is 4.70. The average molecular weight is 404 g/mol. The first kappa shape index (κ1) is 17.6. The molecule has 0 aliphatic rings. The first-order valence-corrected chi connectivity index (χ1v) is 8.76. The molecule has 1 N–H and O–H groups in total. The fraction of sp³-hybridized carbons (Fsp3) is 0.200. The first-order chi connectivity index (χ1) is 10.8. The minimum atomic E-state index is -3.93. The van der Waals surface area contributed by atoms with Crippen molar-refractivity contribution in [1.29, 1.82) is 0 Å². The van der Waals surface area contributed by atoms with Crippen molar-refractivity contribution in [2.45, 2.75) is 11.8 Å². The second kappa shape index (κ2) is 6.76. The number of hydrogen-bond donors (Lipinski definition) is 1. The maximum absolute atomic E-state index is 14.1. The van der Waals surface area contributed by atoms with Crippen LogP contribution in [0.5, 0.6) is 11.5 Å². The van der Waals surface area contributed by atoms with Crippen molar-refractivity contribution in [3.63, 3.8) is 0 Å². The molecule has 5 nitrogen and oxygen atoms in total. The third-order valence-corrected chi connectivity index (χ3v) is 5.41. The van der Waals surface area contributed by atoms with Crippen LogP contribution in [-0.4, -0.2) is 22.6 Å². The first-order valence-electron chi connectivity index (χ1n) is 6.49. The number of ether oxygens (including phenoxy) is 2. The van der Waals surface area contributed by atoms with Crippen molar-refractivity contribution >= 4 is 31.6 Å². The summed E-state index contributed by atoms with van der Waals surface area (Å²) in [6, 6.07) is 6.83. The van der Waals surface area contributed by atoms with Crippen molar-refractivity contribution in [2.75, 3.05) is 18.9 Å². The Morgan fingerprint density at radius 1 is 1.09 bits per heavy atom. The molecule has 2 aromatic rings. The summed E-state index contributed by atoms with van der Waals surface area (Å²) >= 11 is 3.30. The van der Waals surface area contributed by atoms with E-state index in [9.17, 15) is 12.8 Å². The minimum absolute atomic E-state index is 0.0346. The molecule has 0 amide bonds. The zero-order valence-electron chi connectivity index (χ0n) is 12.7. The molecule has 0 atom stereocenters. The van der Waals surface area contributed by atoms with Crippen LogP contribution in [0.4, 0.5) is 10.1 Å². The van der Waals surface area contributed by atoms with E-state index in [0.717, 1.165) is 16.1 Å². The Kier molecular flexibility index (Phi) is 5.16. The molecule has 2 aromatic carbocycles. The van der Waals surface area contributed by atoms with E-state index in [1.54, 1.807) is 13.0 Å². The summed E-state index contributed by atoms with van der Waals surface area (Å²) < 4.78 is 51.9. The lowest BCUT2D eigenvalue weighted by molar-refractivity contribution is 0.353. The van der Waals surface area contributed by atoms with E-state index in [0.29, 0.717) is 0 Å². The monoisotopic (exact) mass is 403 g/mol. The number of hydrogen-bond acceptors (Lipinski definition) is 4. The van der Waals surface area contributed by atoms with Crippen LogP contribution in [0.1, 0.15) is 5.56 Å². The van der Waals surface area contributed by atoms with Gasteiger partial charge in [0.1, 0.15) is 0 Å². The van der Waals surface area contributed by atoms with Crippen molar-refractivity contribution in [1.82, 2.24) is 0 Å². The fourth-order valence-corrected chi connectivity index (χ4v) is 3.31. The van der Waals surface area contributed by atoms with Gasteiger partial charge in [-0.25, -0.2) is 12.8 Å². The summed E-state index contributed by atoms with van der Waals surface area (Å²) in [4.78, 5) is 0.0346. The second-order valence-corrected chi connectivity index (χ2v) is 7.24. The van der Waals surface area contributed by atoms with Crippen molar-refractivity contribution in [3.05, 3.63) is 46.2 Å². The number of anilines is 1. The minimum Gasteiger partial charge on any atom is -0.493 e. The van der Waals surface area contributed by atoms with Gasteiger partial charge in [-0.05, 0) is 30.7 Å². The third kappa shape index (κ3) is 3.76. The van der Waals surface area contributed by atoms with Crippen LogP contribution in [0.3, 0.4) is 0 Å². The Hall–Kier alpha value is -1.80. The summed E-state index contributed by atoms with van der Waals surface area (Å²) in [6.45, 7) is 1.76. The summed E-state index contributed by atoms with van der Waals surface area (Å²) in [5.41, 5.74) is 0.531. The lowest BCUT2D eigenvalue weighted by Gasteiger charge is -2.13. The molecule has 0 aromatic heterocycles. The summed E-state index contributed by atoms with van der Waals surface area (Å²) in [5, 5.41) is 0. The van der Waals surface area contributed by atoms with Gasteiger partial charge in [-0.15, -0.1) is 0 Å². The molecule has 0 spiro atoms. The molecule has 0 bridgehead atoms. The molecule has 124 valence electrons. The van der Waals surface area contributed by atoms with E-state index in [1.165, 1.54) is 32.4 Å². The number of benzene rings is 2. The molecule has 0 heterocycles. The van der Waals surface area contributed by atoms with Gasteiger partial charge in [0.25, 0.3) is 10.0 Å². The van der Waals surface area contributed by atoms with Crippen LogP contribution in [-0.2, 0) is 10.0 Å². The number of sulfonamides is 1. The Balaban J connectivity index is 2.42. The van der Waals surface area contributed by atoms with Crippen LogP contribution in [0.2, 0.25) is 0 Å². The summed E-state index contributed by atoms with van der Waals surface area (Å²) in [7, 11) is -1.18. The van der Waals surface area contributed by atoms with E-state index < -0.39 is 15.8 Å². The molecule has 2 rings (SSSR count). The highest BCUT2D eigenvalue weighted by molar-refractivity contribution is 9.10. The molecule has 0 radical (unpaired) electrons. The van der Waals surface area contributed by atoms with Crippen LogP contribution in [0, 0.1) is 12.7 Å². The van der Waals surface area contributed by atoms with Gasteiger partial charge in [0.2, 0.25) is 0 Å². The van der Waals surface area contributed by atoms with E-state index in [1.807, 2.05) is 0 Å². The van der Waals surface area contributed by atoms with E-state index in [4.69, 9.17) is 9.47 Å². The number of aryl methyl sites for hydroxylation is 1. The molecule has 0 saturated heterocycles. The average Bonchev–Trinajstić information content (AvgIpc) is 2.51. The fourth-order valence-electron chi connectivity index (χ4n) is 1.92. The molecule has 8 heteroatoms. The molecular formula is C15H15BrFNO4S. The molecule has 0 aliphatic carbocycles. The van der Waals surface area contributed by atoms with Gasteiger partial charge in [-0.2, -0.15) is 0 Å². The van der Waals surface area contributed by atoms with Crippen LogP contribution < -0.4 is 14.2 Å². The Labute approximate surface area is 142 Å². The van der Waals surface area contributed by atoms with Crippen LogP contribution in [0.25, 0.3) is 0 Å². The van der Waals surface area contributed by atoms with E-state index in [-0.39, 0.29) is 22.1 Å². The smallest absolute Gasteiger partial charge is 0.261 e. The normalized spacial score (nSPS) is 11.2. The predicted octanol–water partition coefficient (Wildman–Crippen LogP) is 3.71. The van der Waals surface area contributed by atoms with Gasteiger partial charge in [0, 0.05) is 16.6 Å². The van der Waals surface area contributed by atoms with Gasteiger partial charge < -0.3 is 9.47 Å². The van der Waals surface area contributed by atoms with Gasteiger partial charge in [-0.1, -0.05) is 15.9 Å². The van der Waals surface area contributed by atoms with Gasteiger partial charge >= 0.3 is 0 Å². The molecular weight excluding hydrogens is 389 g/mol. The highest BCUT2D eigenvalue weighted by Gasteiger charge is 2.19. The Morgan fingerprint density at radius 3 is 2.26 bits per heavy atom. The summed E-state index contributed by atoms with van der Waals surface area (Å²) in [6.07, 6.45) is 0. The standard InChI is InChI=1S/C15H15BrFNO4S/c1-9-6-10(4-5-11(9)16)23(19,20)18-13-8-15(22-3)14(21-2)7-12(13)17/h4-8,18H,1-3H3. The van der Waals surface area contributed by atoms with E-state index in [2.05, 4.69) is 20.7 Å². The number of nitrogens with one attached hydrogen (secondary N) is 1. The molecule has 23 heavy (non-hydrogen) atoms. The van der Waals surface area contributed by atoms with Gasteiger partial charge in [0.15, 0.2) is 17.3 Å². The SMILES string of the molecule is COc1cc(F)c(NS(=O)(=O)c2ccc(Br)c(C)c2)cc1OC. The highest BCUT2D eigenvalue weighted by Crippen LogP contribution is 2.33. The van der Waals surface area contributed by atoms with Crippen molar-refractivity contribution in [3.8, 4) is 11.5 Å². The zero-order valence-corrected chi connectivity index (χ0v) is 15.1. The third-order valence-electron chi connectivity index (χ3n) is 3.16. The Bertz CT molecular complexity index is 840. The highest BCUT2D eigenvalue weighted by atomic mass is 79.9. The van der Waals surface area contributed by atoms with Gasteiger partial charge in [-0.3, -0.25) is 4.72 Å². The molecule has 0 fully saturated rings. The Morgan fingerprint density at radius 2 is 1.70 bits per heavy atom. The predicted molar refractivity (Wildman–Crippen MR) is 89.2 cm³/mol. The zero-order chi connectivity index (χ0) is 17.2. The largest absolute Gasteiger partial charge is 0.493 e. The van der Waals surface area contributed by atoms with Crippen molar-refractivity contribution < 1.29 is 22.3 Å². The molecule has 0 aliphatic heterocycles. The molecule has 0 saturated carbocycles. The number of halogens is 2. The lowest BCUT2D eigenvalue weighted by Crippen LogP contribution is -2.14. The van der Waals surface area contributed by atoms with Crippen molar-refractivity contribution in [2.24, 2.45) is 0 Å². The van der Waals surface area contributed by atoms with Crippen LogP contribution in [0.15, 0.2) is 39.7 Å². The maximum atomic E-state index is 14.1. The quantitative estimate of drug-likeness (QED) is 0.825. The van der Waals surface area contributed by atoms with Crippen LogP contribution >= 0.6 is 15.9 Å².